The van der Waals surface area contributed by atoms with Crippen molar-refractivity contribution in [2.45, 2.75) is 236 Å². The summed E-state index contributed by atoms with van der Waals surface area (Å²) in [5.74, 6) is 0. The van der Waals surface area contributed by atoms with Crippen molar-refractivity contribution in [3.8, 4) is 61.3 Å². The van der Waals surface area contributed by atoms with Crippen molar-refractivity contribution in [1.29, 1.82) is 0 Å². The second-order valence-electron chi connectivity index (χ2n) is 41.0. The molecule has 3 heterocycles. The second kappa shape index (κ2) is 26.9. The maximum atomic E-state index is 10.1. The average Bonchev–Trinajstić information content (AvgIpc) is 0.738. The van der Waals surface area contributed by atoms with Crippen LogP contribution in [-0.2, 0) is 48.7 Å². The Morgan fingerprint density at radius 2 is 0.598 bits per heavy atom. The lowest BCUT2D eigenvalue weighted by Crippen LogP contribution is -2.61. The van der Waals surface area contributed by atoms with Crippen LogP contribution in [0, 0.1) is 0 Å². The van der Waals surface area contributed by atoms with Crippen molar-refractivity contribution in [2.75, 3.05) is 9.80 Å². The highest BCUT2D eigenvalue weighted by Crippen LogP contribution is 2.59. The van der Waals surface area contributed by atoms with Gasteiger partial charge in [-0.2, -0.15) is 0 Å². The van der Waals surface area contributed by atoms with Crippen LogP contribution in [0.2, 0.25) is 0 Å². The van der Waals surface area contributed by atoms with Gasteiger partial charge in [0.05, 0.1) is 40.2 Å². The predicted molar refractivity (Wildman–Crippen MR) is 490 cm³/mol. The Morgan fingerprint density at radius 1 is 0.268 bits per heavy atom. The maximum absolute atomic E-state index is 10.1. The fourth-order valence-electron chi connectivity index (χ4n) is 17.2. The summed E-state index contributed by atoms with van der Waals surface area (Å²) in [5.41, 5.74) is 22.2. The van der Waals surface area contributed by atoms with Gasteiger partial charge in [-0.25, -0.2) is 0 Å². The van der Waals surface area contributed by atoms with Gasteiger partial charge in [0, 0.05) is 61.5 Å². The first kappa shape index (κ1) is 62.6. The molecule has 2 aliphatic heterocycles. The van der Waals surface area contributed by atoms with E-state index >= 15 is 0 Å². The minimum Gasteiger partial charge on any atom is -0.310 e. The monoisotopic (exact) mass is 1480 g/mol. The molecule has 0 N–H and O–H groups in total. The van der Waals surface area contributed by atoms with Crippen LogP contribution in [0.15, 0.2) is 236 Å². The van der Waals surface area contributed by atoms with E-state index in [1.807, 2.05) is 12.1 Å². The zero-order valence-corrected chi connectivity index (χ0v) is 71.4. The van der Waals surface area contributed by atoms with Gasteiger partial charge in [0.2, 0.25) is 0 Å². The minimum atomic E-state index is -0.722. The molecule has 3 nitrogen and oxygen atoms in total. The number of hydrogen-bond donors (Lipinski definition) is 0. The smallest absolute Gasteiger partial charge is 0.252 e. The lowest BCUT2D eigenvalue weighted by atomic mass is 9.33. The Kier molecular flexibility index (Phi) is 15.0. The highest BCUT2D eigenvalue weighted by Gasteiger charge is 2.48. The third-order valence-electron chi connectivity index (χ3n) is 23.4. The van der Waals surface area contributed by atoms with Crippen molar-refractivity contribution in [1.82, 2.24) is 4.57 Å². The lowest BCUT2D eigenvalue weighted by Gasteiger charge is -2.47. The molecule has 0 amide bonds. The first-order chi connectivity index (χ1) is 57.7. The summed E-state index contributed by atoms with van der Waals surface area (Å²) in [6, 6.07) is 52.3. The fourth-order valence-corrected chi connectivity index (χ4v) is 17.2. The minimum absolute atomic E-state index is 0.0135. The van der Waals surface area contributed by atoms with E-state index in [2.05, 4.69) is 342 Å². The van der Waals surface area contributed by atoms with Crippen molar-refractivity contribution in [3.63, 3.8) is 0 Å². The Morgan fingerprint density at radius 3 is 0.973 bits per heavy atom. The maximum Gasteiger partial charge on any atom is 0.252 e. The number of benzene rings is 12. The van der Waals surface area contributed by atoms with Crippen LogP contribution in [0.1, 0.15) is 255 Å². The zero-order valence-electron chi connectivity index (χ0n) is 84.4. The number of anilines is 6. The molecular weight excluding hydrogens is 1350 g/mol. The molecule has 0 bridgehead atoms. The summed E-state index contributed by atoms with van der Waals surface area (Å²) >= 11 is 0. The van der Waals surface area contributed by atoms with Gasteiger partial charge >= 0.3 is 0 Å². The lowest BCUT2D eigenvalue weighted by molar-refractivity contribution is 0.570. The van der Waals surface area contributed by atoms with Crippen molar-refractivity contribution < 1.29 is 17.8 Å². The van der Waals surface area contributed by atoms with Gasteiger partial charge in [-0.3, -0.25) is 0 Å². The van der Waals surface area contributed by atoms with Gasteiger partial charge < -0.3 is 14.4 Å². The van der Waals surface area contributed by atoms with E-state index in [0.717, 1.165) is 134 Å². The highest BCUT2D eigenvalue weighted by atomic mass is 15.2. The first-order valence-corrected chi connectivity index (χ1v) is 40.2. The summed E-state index contributed by atoms with van der Waals surface area (Å²) in [4.78, 5) is 4.97. The quantitative estimate of drug-likeness (QED) is 0.141. The van der Waals surface area contributed by atoms with Crippen LogP contribution in [-0.4, -0.2) is 11.3 Å². The van der Waals surface area contributed by atoms with Crippen LogP contribution in [0.25, 0.3) is 83.1 Å². The van der Waals surface area contributed by atoms with Crippen LogP contribution in [0.5, 0.6) is 0 Å². The van der Waals surface area contributed by atoms with Crippen LogP contribution >= 0.6 is 0 Å². The van der Waals surface area contributed by atoms with E-state index in [1.54, 1.807) is 4.57 Å². The molecule has 0 atom stereocenters. The number of rotatable bonds is 8. The Labute approximate surface area is 691 Å². The molecule has 1 aromatic heterocycles. The van der Waals surface area contributed by atoms with E-state index in [4.69, 9.17) is 1.37 Å². The molecule has 15 rings (SSSR count). The molecule has 0 radical (unpaired) electrons. The zero-order chi connectivity index (χ0) is 91.8. The Balaban J connectivity index is 1.26. The van der Waals surface area contributed by atoms with Gasteiger partial charge in [-0.1, -0.05) is 357 Å². The predicted octanol–water partition coefficient (Wildman–Crippen LogP) is 28.9. The Bertz CT molecular complexity index is 6510. The highest BCUT2D eigenvalue weighted by molar-refractivity contribution is 7.00. The number of aromatic nitrogens is 1. The van der Waals surface area contributed by atoms with Crippen molar-refractivity contribution in [2.24, 2.45) is 0 Å². The number of nitrogens with zero attached hydrogens (tertiary/aromatic N) is 3. The number of hydrogen-bond acceptors (Lipinski definition) is 2. The van der Waals surface area contributed by atoms with Crippen molar-refractivity contribution >= 4 is 79.0 Å². The third kappa shape index (κ3) is 13.7. The second-order valence-corrected chi connectivity index (χ2v) is 41.0. The molecule has 570 valence electrons. The van der Waals surface area contributed by atoms with E-state index < -0.39 is 111 Å². The molecule has 0 saturated carbocycles. The van der Waals surface area contributed by atoms with E-state index in [9.17, 15) is 16.4 Å². The SMILES string of the molecule is [2H]c1c([2H])c([2H])c(-c2ccc3c(c2)N(c2c(-c4ccc(C(C)(C)C)cc4)cc(C(C)(C)C)cc2-c2c(C(C)(C)C)cccc2C(C)(C)C)c2cc(C(C)(C)C)cc4c2B3c2ccc(-n3c5c([2H])c([2H])c([2H])c([2H])c5c5c([2H])c([2H])c([2H])c([2H])c53)cc2N4c2c(-c3ccc(C(C)(C)C)cc3)cc(C(C)(C)C)cc2-c2c(C(C)(C)C)cccc2C(C)(C)C)c([2H])c1[2H]. The molecule has 0 spiro atoms. The summed E-state index contributed by atoms with van der Waals surface area (Å²) < 4.78 is 126. The molecular formula is C108H120BN3. The van der Waals surface area contributed by atoms with Crippen LogP contribution in [0.3, 0.4) is 0 Å². The summed E-state index contributed by atoms with van der Waals surface area (Å²) in [6.07, 6.45) is 0. The standard InChI is InChI=1S/C108H120BN3/c1-100(2,3)71-52-47-68(48-53-71)79-60-73(102(7,8)9)62-81(95-83(105(16,17)18)41-35-42-84(95)106(19,20)21)98(79)111-91-59-70(67-37-29-28-30-38-67)51-57-87(91)109-88-58-56-76(110-89-45-33-31-39-77(89)78-40-32-34-46-90(78)110)66-92(88)112(94-65-75(104(13,14)15)64-93(111)97(94)109)99-80(69-49-54-72(55-50-69)101(4,5)6)61-74(103(10,11)12)63-82(99)96-85(107(22,23)24)43-36-44-86(96)108(25,26)27/h28-66H,1-27H3/i28D,29D,30D,31D,32D,33D,34D,37D,38D,39D,40D,45D,46D. The number of fused-ring (bicyclic) bond motifs is 7. The topological polar surface area (TPSA) is 11.4 Å². The first-order valence-electron chi connectivity index (χ1n) is 46.7. The van der Waals surface area contributed by atoms with Gasteiger partial charge in [-0.05, 0) is 215 Å². The molecule has 0 aliphatic carbocycles. The summed E-state index contributed by atoms with van der Waals surface area (Å²) in [6.45, 7) is 60.7. The van der Waals surface area contributed by atoms with Crippen molar-refractivity contribution in [3.05, 3.63) is 286 Å². The Hall–Kier alpha value is -9.90. The van der Waals surface area contributed by atoms with Crippen LogP contribution in [0.4, 0.5) is 34.1 Å². The third-order valence-corrected chi connectivity index (χ3v) is 23.4. The molecule has 12 aromatic carbocycles. The summed E-state index contributed by atoms with van der Waals surface area (Å²) in [7, 11) is 0. The molecule has 2 aliphatic rings. The van der Waals surface area contributed by atoms with Crippen LogP contribution < -0.4 is 26.2 Å². The number of para-hydroxylation sites is 2. The largest absolute Gasteiger partial charge is 0.310 e. The van der Waals surface area contributed by atoms with Gasteiger partial charge in [0.1, 0.15) is 0 Å². The van der Waals surface area contributed by atoms with Gasteiger partial charge in [0.15, 0.2) is 0 Å². The molecule has 4 heteroatoms. The van der Waals surface area contributed by atoms with Gasteiger partial charge in [-0.15, -0.1) is 0 Å². The molecule has 0 unspecified atom stereocenters. The normalized spacial score (nSPS) is 15.4. The van der Waals surface area contributed by atoms with E-state index in [0.29, 0.717) is 22.6 Å². The molecule has 13 aromatic rings. The van der Waals surface area contributed by atoms with E-state index in [1.165, 1.54) is 0 Å². The molecule has 0 fully saturated rings. The molecule has 0 saturated heterocycles. The average molecular weight is 1480 g/mol. The van der Waals surface area contributed by atoms with E-state index in [-0.39, 0.29) is 50.3 Å². The summed E-state index contributed by atoms with van der Waals surface area (Å²) in [5, 5.41) is -0.0791. The van der Waals surface area contributed by atoms with Gasteiger partial charge in [0.25, 0.3) is 6.71 Å². The fraction of sp³-hybridized carbons (Fsp3) is 0.333. The molecule has 112 heavy (non-hydrogen) atoms.